The molecule has 0 N–H and O–H groups in total. The van der Waals surface area contributed by atoms with Crippen molar-refractivity contribution < 1.29 is 9.53 Å². The van der Waals surface area contributed by atoms with Crippen LogP contribution >= 0.6 is 0 Å². The first-order valence-corrected chi connectivity index (χ1v) is 12.0. The number of fused-ring (bicyclic) bond motifs is 3. The topological polar surface area (TPSA) is 75.9 Å². The smallest absolute Gasteiger partial charge is 0.253 e. The Morgan fingerprint density at radius 3 is 2.50 bits per heavy atom. The van der Waals surface area contributed by atoms with E-state index in [1.165, 1.54) is 0 Å². The molecular formula is C28H26N6O2. The van der Waals surface area contributed by atoms with Gasteiger partial charge in [-0.15, -0.1) is 10.2 Å². The number of carbonyl (C=O) groups excluding carboxylic acids is 1. The summed E-state index contributed by atoms with van der Waals surface area (Å²) in [6.07, 6.45) is 0. The van der Waals surface area contributed by atoms with Crippen molar-refractivity contribution in [1.82, 2.24) is 24.5 Å². The number of ether oxygens (including phenoxy) is 1. The molecule has 1 fully saturated rings. The van der Waals surface area contributed by atoms with Gasteiger partial charge in [0, 0.05) is 42.7 Å². The summed E-state index contributed by atoms with van der Waals surface area (Å²) in [5, 5.41) is 10.1. The van der Waals surface area contributed by atoms with Gasteiger partial charge in [-0.1, -0.05) is 42.0 Å². The SMILES string of the molecule is COc1cccc(-c2nnc3c4ccccc4nc(N4CCN(C(=O)c5cccc(C)c5)CC4)n23)c1. The predicted octanol–water partition coefficient (Wildman–Crippen LogP) is 4.22. The molecule has 6 rings (SSSR count). The van der Waals surface area contributed by atoms with Crippen LogP contribution in [-0.2, 0) is 0 Å². The first-order chi connectivity index (χ1) is 17.6. The second-order valence-electron chi connectivity index (χ2n) is 8.99. The summed E-state index contributed by atoms with van der Waals surface area (Å²) in [6.45, 7) is 4.55. The lowest BCUT2D eigenvalue weighted by atomic mass is 10.1. The molecule has 1 aliphatic heterocycles. The molecule has 0 saturated carbocycles. The van der Waals surface area contributed by atoms with Gasteiger partial charge in [0.15, 0.2) is 11.5 Å². The summed E-state index contributed by atoms with van der Waals surface area (Å²) in [5.74, 6) is 2.30. The number of hydrogen-bond donors (Lipinski definition) is 0. The van der Waals surface area contributed by atoms with E-state index in [0.717, 1.165) is 44.9 Å². The molecule has 1 amide bonds. The van der Waals surface area contributed by atoms with E-state index in [0.29, 0.717) is 32.0 Å². The third-order valence-corrected chi connectivity index (χ3v) is 6.67. The second-order valence-corrected chi connectivity index (χ2v) is 8.99. The van der Waals surface area contributed by atoms with Gasteiger partial charge in [-0.05, 0) is 43.3 Å². The zero-order chi connectivity index (χ0) is 24.6. The molecule has 0 spiro atoms. The van der Waals surface area contributed by atoms with E-state index in [4.69, 9.17) is 9.72 Å². The minimum Gasteiger partial charge on any atom is -0.497 e. The number of rotatable bonds is 4. The van der Waals surface area contributed by atoms with Gasteiger partial charge in [-0.25, -0.2) is 9.38 Å². The van der Waals surface area contributed by atoms with Gasteiger partial charge in [0.1, 0.15) is 5.75 Å². The molecule has 8 heteroatoms. The average molecular weight is 479 g/mol. The third kappa shape index (κ3) is 3.80. The monoisotopic (exact) mass is 478 g/mol. The van der Waals surface area contributed by atoms with Crippen molar-refractivity contribution in [1.29, 1.82) is 0 Å². The van der Waals surface area contributed by atoms with E-state index in [9.17, 15) is 4.79 Å². The Morgan fingerprint density at radius 2 is 1.69 bits per heavy atom. The minimum absolute atomic E-state index is 0.0661. The highest BCUT2D eigenvalue weighted by atomic mass is 16.5. The lowest BCUT2D eigenvalue weighted by molar-refractivity contribution is 0.0746. The minimum atomic E-state index is 0.0661. The number of amides is 1. The van der Waals surface area contributed by atoms with Crippen LogP contribution in [-0.4, -0.2) is 63.7 Å². The molecule has 180 valence electrons. The van der Waals surface area contributed by atoms with Gasteiger partial charge < -0.3 is 14.5 Å². The Bertz CT molecular complexity index is 1590. The number of carbonyl (C=O) groups is 1. The van der Waals surface area contributed by atoms with Gasteiger partial charge in [0.25, 0.3) is 5.91 Å². The van der Waals surface area contributed by atoms with Gasteiger partial charge in [0.05, 0.1) is 12.6 Å². The zero-order valence-corrected chi connectivity index (χ0v) is 20.3. The summed E-state index contributed by atoms with van der Waals surface area (Å²) < 4.78 is 7.46. The Kier molecular flexibility index (Phi) is 5.48. The predicted molar refractivity (Wildman–Crippen MR) is 140 cm³/mol. The molecule has 0 unspecified atom stereocenters. The molecule has 8 nitrogen and oxygen atoms in total. The van der Waals surface area contributed by atoms with Crippen LogP contribution in [0.2, 0.25) is 0 Å². The summed E-state index contributed by atoms with van der Waals surface area (Å²) in [6, 6.07) is 23.5. The van der Waals surface area contributed by atoms with Crippen LogP contribution in [0, 0.1) is 6.92 Å². The molecule has 3 aromatic carbocycles. The van der Waals surface area contributed by atoms with Crippen molar-refractivity contribution >= 4 is 28.4 Å². The maximum absolute atomic E-state index is 13.1. The van der Waals surface area contributed by atoms with E-state index in [1.54, 1.807) is 7.11 Å². The van der Waals surface area contributed by atoms with E-state index in [1.807, 2.05) is 89.0 Å². The number of methoxy groups -OCH3 is 1. The highest BCUT2D eigenvalue weighted by Gasteiger charge is 2.26. The van der Waals surface area contributed by atoms with Crippen molar-refractivity contribution in [2.24, 2.45) is 0 Å². The molecular weight excluding hydrogens is 452 g/mol. The average Bonchev–Trinajstić information content (AvgIpc) is 3.38. The zero-order valence-electron chi connectivity index (χ0n) is 20.3. The molecule has 1 saturated heterocycles. The van der Waals surface area contributed by atoms with E-state index in [2.05, 4.69) is 15.1 Å². The molecule has 0 bridgehead atoms. The van der Waals surface area contributed by atoms with Crippen LogP contribution in [0.15, 0.2) is 72.8 Å². The summed E-state index contributed by atoms with van der Waals surface area (Å²) in [7, 11) is 1.65. The number of benzene rings is 3. The Hall–Kier alpha value is -4.46. The van der Waals surface area contributed by atoms with Crippen LogP contribution in [0.1, 0.15) is 15.9 Å². The van der Waals surface area contributed by atoms with Crippen molar-refractivity contribution in [2.45, 2.75) is 6.92 Å². The summed E-state index contributed by atoms with van der Waals surface area (Å²) in [5.41, 5.74) is 4.33. The van der Waals surface area contributed by atoms with Crippen molar-refractivity contribution in [3.05, 3.63) is 83.9 Å². The fourth-order valence-corrected chi connectivity index (χ4v) is 4.80. The lowest BCUT2D eigenvalue weighted by Gasteiger charge is -2.35. The maximum atomic E-state index is 13.1. The number of aryl methyl sites for hydroxylation is 1. The molecule has 5 aromatic rings. The molecule has 36 heavy (non-hydrogen) atoms. The lowest BCUT2D eigenvalue weighted by Crippen LogP contribution is -2.49. The van der Waals surface area contributed by atoms with Crippen LogP contribution in [0.25, 0.3) is 27.9 Å². The maximum Gasteiger partial charge on any atom is 0.253 e. The molecule has 1 aliphatic rings. The number of para-hydroxylation sites is 1. The number of anilines is 1. The van der Waals surface area contributed by atoms with E-state index >= 15 is 0 Å². The quantitative estimate of drug-likeness (QED) is 0.385. The Morgan fingerprint density at radius 1 is 0.889 bits per heavy atom. The molecule has 0 atom stereocenters. The number of hydrogen-bond acceptors (Lipinski definition) is 6. The van der Waals surface area contributed by atoms with E-state index in [-0.39, 0.29) is 5.91 Å². The first kappa shape index (κ1) is 22.0. The standard InChI is InChI=1S/C28H26N6O2/c1-19-7-5-9-21(17-19)27(35)32-13-15-33(16-14-32)28-29-24-12-4-3-11-23(24)26-31-30-25(34(26)28)20-8-6-10-22(18-20)36-2/h3-12,17-18H,13-16H2,1-2H3. The fraction of sp³-hybridized carbons (Fsp3) is 0.214. The van der Waals surface area contributed by atoms with E-state index < -0.39 is 0 Å². The largest absolute Gasteiger partial charge is 0.497 e. The highest BCUT2D eigenvalue weighted by Crippen LogP contribution is 2.30. The third-order valence-electron chi connectivity index (χ3n) is 6.67. The van der Waals surface area contributed by atoms with Crippen LogP contribution in [0.3, 0.4) is 0 Å². The normalized spacial score (nSPS) is 13.9. The summed E-state index contributed by atoms with van der Waals surface area (Å²) in [4.78, 5) is 22.3. The summed E-state index contributed by atoms with van der Waals surface area (Å²) >= 11 is 0. The van der Waals surface area contributed by atoms with Crippen LogP contribution in [0.5, 0.6) is 5.75 Å². The highest BCUT2D eigenvalue weighted by molar-refractivity contribution is 5.95. The van der Waals surface area contributed by atoms with Crippen LogP contribution < -0.4 is 9.64 Å². The van der Waals surface area contributed by atoms with Crippen molar-refractivity contribution in [2.75, 3.05) is 38.2 Å². The first-order valence-electron chi connectivity index (χ1n) is 12.0. The van der Waals surface area contributed by atoms with Gasteiger partial charge in [-0.2, -0.15) is 0 Å². The second kappa shape index (κ2) is 8.96. The van der Waals surface area contributed by atoms with Crippen molar-refractivity contribution in [3.63, 3.8) is 0 Å². The molecule has 2 aromatic heterocycles. The molecule has 0 radical (unpaired) electrons. The number of aromatic nitrogens is 4. The molecule has 0 aliphatic carbocycles. The Labute approximate surface area is 208 Å². The molecule has 3 heterocycles. The van der Waals surface area contributed by atoms with Gasteiger partial charge in [-0.3, -0.25) is 4.79 Å². The van der Waals surface area contributed by atoms with Gasteiger partial charge in [0.2, 0.25) is 5.95 Å². The van der Waals surface area contributed by atoms with Crippen molar-refractivity contribution in [3.8, 4) is 17.1 Å². The number of piperazine rings is 1. The fourth-order valence-electron chi connectivity index (χ4n) is 4.80. The number of nitrogens with zero attached hydrogens (tertiary/aromatic N) is 6. The Balaban J connectivity index is 1.39. The van der Waals surface area contributed by atoms with Gasteiger partial charge >= 0.3 is 0 Å². The van der Waals surface area contributed by atoms with Crippen LogP contribution in [0.4, 0.5) is 5.95 Å².